The molecule has 1 amide bonds. The fraction of sp³-hybridized carbons (Fsp3) is 0.263. The zero-order valence-electron chi connectivity index (χ0n) is 15.6. The molecule has 0 radical (unpaired) electrons. The highest BCUT2D eigenvalue weighted by Crippen LogP contribution is 2.14. The largest absolute Gasteiger partial charge is 0.497 e. The topological polar surface area (TPSA) is 111 Å². The maximum atomic E-state index is 12.1. The van der Waals surface area contributed by atoms with E-state index in [1.54, 1.807) is 36.4 Å². The van der Waals surface area contributed by atoms with E-state index in [1.165, 1.54) is 19.2 Å². The van der Waals surface area contributed by atoms with E-state index in [9.17, 15) is 18.0 Å². The van der Waals surface area contributed by atoms with Crippen molar-refractivity contribution in [3.05, 3.63) is 54.1 Å². The summed E-state index contributed by atoms with van der Waals surface area (Å²) < 4.78 is 36.4. The number of esters is 1. The smallest absolute Gasteiger partial charge is 0.307 e. The molecule has 2 aromatic carbocycles. The van der Waals surface area contributed by atoms with Crippen molar-refractivity contribution < 1.29 is 27.5 Å². The van der Waals surface area contributed by atoms with Gasteiger partial charge in [-0.15, -0.1) is 0 Å². The first kappa shape index (κ1) is 21.4. The van der Waals surface area contributed by atoms with Gasteiger partial charge >= 0.3 is 5.97 Å². The van der Waals surface area contributed by atoms with Crippen molar-refractivity contribution in [1.29, 1.82) is 0 Å². The van der Waals surface area contributed by atoms with E-state index in [4.69, 9.17) is 9.47 Å². The summed E-state index contributed by atoms with van der Waals surface area (Å²) in [6.07, 6.45) is -0.194. The summed E-state index contributed by atoms with van der Waals surface area (Å²) in [5, 5.41) is 2.57. The van der Waals surface area contributed by atoms with Crippen LogP contribution in [0.1, 0.15) is 12.0 Å². The Bertz CT molecular complexity index is 908. The average Bonchev–Trinajstić information content (AvgIpc) is 2.67. The summed E-state index contributed by atoms with van der Waals surface area (Å²) in [6, 6.07) is 13.0. The van der Waals surface area contributed by atoms with Crippen molar-refractivity contribution in [2.75, 3.05) is 25.6 Å². The molecule has 0 aliphatic rings. The van der Waals surface area contributed by atoms with Gasteiger partial charge in [-0.25, -0.2) is 13.1 Å². The van der Waals surface area contributed by atoms with Crippen LogP contribution in [-0.2, 0) is 24.3 Å². The van der Waals surface area contributed by atoms with Gasteiger partial charge in [0.2, 0.25) is 10.0 Å². The molecule has 0 fully saturated rings. The number of hydrogen-bond donors (Lipinski definition) is 2. The molecule has 8 nitrogen and oxygen atoms in total. The van der Waals surface area contributed by atoms with Crippen LogP contribution < -0.4 is 14.8 Å². The van der Waals surface area contributed by atoms with Gasteiger partial charge < -0.3 is 14.8 Å². The monoisotopic (exact) mass is 406 g/mol. The minimum absolute atomic E-state index is 0.116. The molecule has 0 saturated carbocycles. The number of anilines is 1. The highest BCUT2D eigenvalue weighted by Gasteiger charge is 2.14. The third-order valence-electron chi connectivity index (χ3n) is 3.69. The predicted molar refractivity (Wildman–Crippen MR) is 104 cm³/mol. The molecule has 0 heterocycles. The molecule has 2 N–H and O–H groups in total. The van der Waals surface area contributed by atoms with E-state index in [1.807, 2.05) is 6.92 Å². The molecular weight excluding hydrogens is 384 g/mol. The molecule has 0 aliphatic carbocycles. The number of aryl methyl sites for hydroxylation is 1. The van der Waals surface area contributed by atoms with E-state index in [0.29, 0.717) is 11.4 Å². The van der Waals surface area contributed by atoms with Crippen LogP contribution in [-0.4, -0.2) is 40.6 Å². The molecule has 0 aliphatic heterocycles. The molecule has 150 valence electrons. The molecule has 0 bridgehead atoms. The molecule has 9 heteroatoms. The van der Waals surface area contributed by atoms with Crippen LogP contribution in [0.5, 0.6) is 5.75 Å². The second-order valence-electron chi connectivity index (χ2n) is 5.90. The molecule has 0 spiro atoms. The fourth-order valence-corrected chi connectivity index (χ4v) is 3.21. The summed E-state index contributed by atoms with van der Waals surface area (Å²) in [6.45, 7) is 1.26. The molecule has 0 unspecified atom stereocenters. The highest BCUT2D eigenvalue weighted by atomic mass is 32.2. The molecule has 2 rings (SSSR count). The van der Waals surface area contributed by atoms with E-state index in [2.05, 4.69) is 10.0 Å². The van der Waals surface area contributed by atoms with Crippen LogP contribution in [0.4, 0.5) is 5.69 Å². The molecule has 0 saturated heterocycles. The van der Waals surface area contributed by atoms with Gasteiger partial charge in [-0.05, 0) is 43.3 Å². The number of methoxy groups -OCH3 is 1. The Balaban J connectivity index is 1.71. The Labute approximate surface area is 163 Å². The zero-order valence-corrected chi connectivity index (χ0v) is 16.4. The molecular formula is C19H22N2O6S. The lowest BCUT2D eigenvalue weighted by Crippen LogP contribution is -2.28. The molecule has 0 aromatic heterocycles. The Morgan fingerprint density at radius 1 is 1.00 bits per heavy atom. The van der Waals surface area contributed by atoms with Gasteiger partial charge in [0.05, 0.1) is 18.4 Å². The number of benzene rings is 2. The fourth-order valence-electron chi connectivity index (χ4n) is 2.18. The number of ether oxygens (including phenoxy) is 2. The summed E-state index contributed by atoms with van der Waals surface area (Å²) >= 11 is 0. The van der Waals surface area contributed by atoms with Gasteiger partial charge in [-0.2, -0.15) is 0 Å². The van der Waals surface area contributed by atoms with Crippen molar-refractivity contribution in [3.63, 3.8) is 0 Å². The third kappa shape index (κ3) is 6.67. The van der Waals surface area contributed by atoms with E-state index >= 15 is 0 Å². The summed E-state index contributed by atoms with van der Waals surface area (Å²) in [5.74, 6) is -0.534. The van der Waals surface area contributed by atoms with E-state index < -0.39 is 28.5 Å². The number of sulfonamides is 1. The number of carbonyl (C=O) groups excluding carboxylic acids is 2. The molecule has 2 aromatic rings. The number of amides is 1. The van der Waals surface area contributed by atoms with E-state index in [0.717, 1.165) is 5.56 Å². The van der Waals surface area contributed by atoms with Gasteiger partial charge in [0.1, 0.15) is 5.75 Å². The van der Waals surface area contributed by atoms with Crippen LogP contribution in [0.15, 0.2) is 53.4 Å². The van der Waals surface area contributed by atoms with Crippen molar-refractivity contribution in [3.8, 4) is 5.75 Å². The first-order valence-electron chi connectivity index (χ1n) is 8.46. The van der Waals surface area contributed by atoms with Gasteiger partial charge in [0.25, 0.3) is 5.91 Å². The molecule has 0 atom stereocenters. The summed E-state index contributed by atoms with van der Waals surface area (Å²) in [5.41, 5.74) is 1.48. The van der Waals surface area contributed by atoms with Crippen molar-refractivity contribution in [2.45, 2.75) is 18.2 Å². The first-order valence-corrected chi connectivity index (χ1v) is 9.94. The average molecular weight is 406 g/mol. The lowest BCUT2D eigenvalue weighted by molar-refractivity contribution is -0.147. The Morgan fingerprint density at radius 2 is 1.64 bits per heavy atom. The van der Waals surface area contributed by atoms with Gasteiger partial charge in [-0.3, -0.25) is 9.59 Å². The lowest BCUT2D eigenvalue weighted by atomic mass is 10.2. The quantitative estimate of drug-likeness (QED) is 0.615. The SMILES string of the molecule is COc1ccc(NC(=O)COC(=O)CCNS(=O)(=O)c2ccc(C)cc2)cc1. The zero-order chi connectivity index (χ0) is 20.6. The van der Waals surface area contributed by atoms with Crippen LogP contribution in [0, 0.1) is 6.92 Å². The van der Waals surface area contributed by atoms with Crippen molar-refractivity contribution in [2.24, 2.45) is 0 Å². The summed E-state index contributed by atoms with van der Waals surface area (Å²) in [7, 11) is -2.16. The Kier molecular flexibility index (Phi) is 7.53. The summed E-state index contributed by atoms with van der Waals surface area (Å²) in [4.78, 5) is 23.6. The third-order valence-corrected chi connectivity index (χ3v) is 5.17. The van der Waals surface area contributed by atoms with Gasteiger partial charge in [-0.1, -0.05) is 17.7 Å². The number of rotatable bonds is 9. The predicted octanol–water partition coefficient (Wildman–Crippen LogP) is 1.85. The van der Waals surface area contributed by atoms with Crippen LogP contribution in [0.25, 0.3) is 0 Å². The Morgan fingerprint density at radius 3 is 2.25 bits per heavy atom. The van der Waals surface area contributed by atoms with Gasteiger partial charge in [0.15, 0.2) is 6.61 Å². The minimum Gasteiger partial charge on any atom is -0.497 e. The second kappa shape index (κ2) is 9.86. The Hall–Kier alpha value is -2.91. The maximum Gasteiger partial charge on any atom is 0.307 e. The number of hydrogen-bond acceptors (Lipinski definition) is 6. The standard InChI is InChI=1S/C19H22N2O6S/c1-14-3-9-17(10-4-14)28(24,25)20-12-11-19(23)27-13-18(22)21-15-5-7-16(26-2)8-6-15/h3-10,20H,11-13H2,1-2H3,(H,21,22). The van der Waals surface area contributed by atoms with Crippen molar-refractivity contribution >= 4 is 27.6 Å². The maximum absolute atomic E-state index is 12.1. The minimum atomic E-state index is -3.70. The van der Waals surface area contributed by atoms with Gasteiger partial charge in [0, 0.05) is 12.2 Å². The normalized spacial score (nSPS) is 10.9. The first-order chi connectivity index (χ1) is 13.3. The van der Waals surface area contributed by atoms with Crippen molar-refractivity contribution in [1.82, 2.24) is 4.72 Å². The lowest BCUT2D eigenvalue weighted by Gasteiger charge is -2.08. The van der Waals surface area contributed by atoms with Crippen LogP contribution in [0.2, 0.25) is 0 Å². The molecule has 28 heavy (non-hydrogen) atoms. The van der Waals surface area contributed by atoms with E-state index in [-0.39, 0.29) is 17.9 Å². The van der Waals surface area contributed by atoms with Crippen LogP contribution >= 0.6 is 0 Å². The van der Waals surface area contributed by atoms with Crippen LogP contribution in [0.3, 0.4) is 0 Å². The highest BCUT2D eigenvalue weighted by molar-refractivity contribution is 7.89. The number of nitrogens with one attached hydrogen (secondary N) is 2. The number of carbonyl (C=O) groups is 2. The second-order valence-corrected chi connectivity index (χ2v) is 7.67.